The van der Waals surface area contributed by atoms with E-state index in [-0.39, 0.29) is 13.0 Å². The van der Waals surface area contributed by atoms with Gasteiger partial charge in [-0.2, -0.15) is 13.2 Å². The normalized spacial score (nSPS) is 12.2. The first-order valence-electron chi connectivity index (χ1n) is 6.40. The highest BCUT2D eigenvalue weighted by atomic mass is 19.4. The molecule has 0 aliphatic rings. The minimum Gasteiger partial charge on any atom is -0.294 e. The van der Waals surface area contributed by atoms with Gasteiger partial charge in [0.15, 0.2) is 17.4 Å². The highest BCUT2D eigenvalue weighted by Gasteiger charge is 2.32. The van der Waals surface area contributed by atoms with Crippen LogP contribution in [0.3, 0.4) is 0 Å². The number of Topliss-reactive ketones (excluding diaryl/α,β-unsaturated/α-hetero) is 1. The van der Waals surface area contributed by atoms with Crippen molar-refractivity contribution < 1.29 is 26.7 Å². The van der Waals surface area contributed by atoms with Gasteiger partial charge in [0.1, 0.15) is 0 Å². The summed E-state index contributed by atoms with van der Waals surface area (Å²) >= 11 is 0. The van der Waals surface area contributed by atoms with Crippen molar-refractivity contribution in [2.45, 2.75) is 32.5 Å². The van der Waals surface area contributed by atoms with Crippen LogP contribution in [0.25, 0.3) is 0 Å². The standard InChI is InChI=1S/C14H16F5NO/c1-9(2)20(8-14(17,18)19)7-6-12(21)10-4-3-5-11(15)13(10)16/h3-5,9H,6-8H2,1-2H3. The molecular weight excluding hydrogens is 293 g/mol. The van der Waals surface area contributed by atoms with Gasteiger partial charge in [-0.15, -0.1) is 0 Å². The molecule has 0 saturated carbocycles. The molecule has 1 rings (SSSR count). The van der Waals surface area contributed by atoms with Crippen molar-refractivity contribution in [1.29, 1.82) is 0 Å². The number of ketones is 1. The number of carbonyl (C=O) groups excluding carboxylic acids is 1. The van der Waals surface area contributed by atoms with Gasteiger partial charge in [-0.1, -0.05) is 6.07 Å². The number of hydrogen-bond acceptors (Lipinski definition) is 2. The molecule has 7 heteroatoms. The van der Waals surface area contributed by atoms with Crippen molar-refractivity contribution in [2.75, 3.05) is 13.1 Å². The van der Waals surface area contributed by atoms with E-state index in [2.05, 4.69) is 0 Å². The molecule has 0 atom stereocenters. The molecule has 0 spiro atoms. The summed E-state index contributed by atoms with van der Waals surface area (Å²) in [5.41, 5.74) is -0.439. The van der Waals surface area contributed by atoms with Crippen molar-refractivity contribution in [1.82, 2.24) is 4.90 Å². The number of hydrogen-bond donors (Lipinski definition) is 0. The molecule has 1 aromatic carbocycles. The van der Waals surface area contributed by atoms with E-state index < -0.39 is 41.7 Å². The lowest BCUT2D eigenvalue weighted by atomic mass is 10.1. The fourth-order valence-electron chi connectivity index (χ4n) is 1.85. The lowest BCUT2D eigenvalue weighted by Gasteiger charge is -2.27. The molecule has 118 valence electrons. The van der Waals surface area contributed by atoms with Crippen LogP contribution in [-0.4, -0.2) is 36.0 Å². The average Bonchev–Trinajstić information content (AvgIpc) is 2.35. The second-order valence-corrected chi connectivity index (χ2v) is 4.95. The van der Waals surface area contributed by atoms with Crippen LogP contribution in [0.5, 0.6) is 0 Å². The molecule has 0 radical (unpaired) electrons. The van der Waals surface area contributed by atoms with Crippen LogP contribution in [0.4, 0.5) is 22.0 Å². The Morgan fingerprint density at radius 3 is 2.38 bits per heavy atom. The summed E-state index contributed by atoms with van der Waals surface area (Å²) in [5, 5.41) is 0. The third-order valence-electron chi connectivity index (χ3n) is 2.99. The second-order valence-electron chi connectivity index (χ2n) is 4.95. The fourth-order valence-corrected chi connectivity index (χ4v) is 1.85. The van der Waals surface area contributed by atoms with Gasteiger partial charge < -0.3 is 0 Å². The maximum atomic E-state index is 13.4. The lowest BCUT2D eigenvalue weighted by Crippen LogP contribution is -2.40. The van der Waals surface area contributed by atoms with E-state index in [1.54, 1.807) is 13.8 Å². The van der Waals surface area contributed by atoms with Crippen LogP contribution < -0.4 is 0 Å². The summed E-state index contributed by atoms with van der Waals surface area (Å²) in [4.78, 5) is 12.9. The van der Waals surface area contributed by atoms with Crippen LogP contribution in [0.1, 0.15) is 30.6 Å². The largest absolute Gasteiger partial charge is 0.401 e. The van der Waals surface area contributed by atoms with E-state index in [1.807, 2.05) is 0 Å². The highest BCUT2D eigenvalue weighted by Crippen LogP contribution is 2.19. The number of rotatable bonds is 6. The molecule has 0 amide bonds. The van der Waals surface area contributed by atoms with Crippen LogP contribution in [0, 0.1) is 11.6 Å². The van der Waals surface area contributed by atoms with Gasteiger partial charge in [-0.05, 0) is 26.0 Å². The minimum atomic E-state index is -4.38. The molecular formula is C14H16F5NO. The van der Waals surface area contributed by atoms with Crippen LogP contribution in [-0.2, 0) is 0 Å². The van der Waals surface area contributed by atoms with Gasteiger partial charge in [0.2, 0.25) is 0 Å². The molecule has 0 bridgehead atoms. The van der Waals surface area contributed by atoms with Crippen molar-refractivity contribution >= 4 is 5.78 Å². The van der Waals surface area contributed by atoms with Crippen molar-refractivity contribution in [3.8, 4) is 0 Å². The molecule has 0 aliphatic heterocycles. The number of alkyl halides is 3. The molecule has 2 nitrogen and oxygen atoms in total. The lowest BCUT2D eigenvalue weighted by molar-refractivity contribution is -0.149. The van der Waals surface area contributed by atoms with E-state index in [4.69, 9.17) is 0 Å². The van der Waals surface area contributed by atoms with Crippen molar-refractivity contribution in [2.24, 2.45) is 0 Å². The maximum absolute atomic E-state index is 13.4. The summed E-state index contributed by atoms with van der Waals surface area (Å²) in [6, 6.07) is 2.75. The predicted octanol–water partition coefficient (Wildman–Crippen LogP) is 3.81. The Balaban J connectivity index is 2.72. The van der Waals surface area contributed by atoms with Gasteiger partial charge >= 0.3 is 6.18 Å². The van der Waals surface area contributed by atoms with E-state index in [0.29, 0.717) is 0 Å². The fraction of sp³-hybridized carbons (Fsp3) is 0.500. The Bertz CT molecular complexity index is 499. The molecule has 0 saturated heterocycles. The topological polar surface area (TPSA) is 20.3 Å². The van der Waals surface area contributed by atoms with Crippen molar-refractivity contribution in [3.05, 3.63) is 35.4 Å². The number of nitrogens with zero attached hydrogens (tertiary/aromatic N) is 1. The SMILES string of the molecule is CC(C)N(CCC(=O)c1cccc(F)c1F)CC(F)(F)F. The summed E-state index contributed by atoms with van der Waals surface area (Å²) in [7, 11) is 0. The summed E-state index contributed by atoms with van der Waals surface area (Å²) in [5.74, 6) is -3.15. The Morgan fingerprint density at radius 1 is 1.24 bits per heavy atom. The average molecular weight is 309 g/mol. The van der Waals surface area contributed by atoms with E-state index in [0.717, 1.165) is 17.0 Å². The molecule has 0 aromatic heterocycles. The zero-order valence-electron chi connectivity index (χ0n) is 11.7. The summed E-state index contributed by atoms with van der Waals surface area (Å²) in [6.45, 7) is 1.81. The Morgan fingerprint density at radius 2 is 1.86 bits per heavy atom. The molecule has 1 aromatic rings. The van der Waals surface area contributed by atoms with Crippen molar-refractivity contribution in [3.63, 3.8) is 0 Å². The van der Waals surface area contributed by atoms with Crippen LogP contribution >= 0.6 is 0 Å². The first kappa shape index (κ1) is 17.6. The zero-order valence-corrected chi connectivity index (χ0v) is 11.7. The first-order valence-corrected chi connectivity index (χ1v) is 6.40. The van der Waals surface area contributed by atoms with Gasteiger partial charge in [0.25, 0.3) is 0 Å². The van der Waals surface area contributed by atoms with Gasteiger partial charge in [0, 0.05) is 19.0 Å². The second kappa shape index (κ2) is 6.98. The van der Waals surface area contributed by atoms with Crippen LogP contribution in [0.2, 0.25) is 0 Å². The predicted molar refractivity (Wildman–Crippen MR) is 68.1 cm³/mol. The number of halogens is 5. The summed E-state index contributed by atoms with van der Waals surface area (Å²) < 4.78 is 63.6. The highest BCUT2D eigenvalue weighted by molar-refractivity contribution is 5.96. The van der Waals surface area contributed by atoms with Crippen LogP contribution in [0.15, 0.2) is 18.2 Å². The van der Waals surface area contributed by atoms with E-state index in [1.165, 1.54) is 6.07 Å². The smallest absolute Gasteiger partial charge is 0.294 e. The van der Waals surface area contributed by atoms with Gasteiger partial charge in [-0.25, -0.2) is 8.78 Å². The van der Waals surface area contributed by atoms with Gasteiger partial charge in [0.05, 0.1) is 12.1 Å². The van der Waals surface area contributed by atoms with E-state index >= 15 is 0 Å². The third-order valence-corrected chi connectivity index (χ3v) is 2.99. The minimum absolute atomic E-state index is 0.175. The molecule has 0 unspecified atom stereocenters. The molecule has 21 heavy (non-hydrogen) atoms. The molecule has 0 aliphatic carbocycles. The van der Waals surface area contributed by atoms with Gasteiger partial charge in [-0.3, -0.25) is 9.69 Å². The number of benzene rings is 1. The summed E-state index contributed by atoms with van der Waals surface area (Å²) in [6.07, 6.45) is -4.69. The first-order chi connectivity index (χ1) is 9.61. The molecule has 0 N–H and O–H groups in total. The Hall–Kier alpha value is -1.50. The number of carbonyl (C=O) groups is 1. The Kier molecular flexibility index (Phi) is 5.83. The maximum Gasteiger partial charge on any atom is 0.401 e. The monoisotopic (exact) mass is 309 g/mol. The van der Waals surface area contributed by atoms with E-state index in [9.17, 15) is 26.7 Å². The third kappa shape index (κ3) is 5.41. The Labute approximate surface area is 119 Å². The molecule has 0 heterocycles. The zero-order chi connectivity index (χ0) is 16.2. The molecule has 0 fully saturated rings. The quantitative estimate of drug-likeness (QED) is 0.588.